The second kappa shape index (κ2) is 6.05. The second-order valence-electron chi connectivity index (χ2n) is 3.76. The van der Waals surface area contributed by atoms with Gasteiger partial charge in [0.25, 0.3) is 0 Å². The molecule has 0 aliphatic rings. The van der Waals surface area contributed by atoms with Crippen LogP contribution in [-0.2, 0) is 14.3 Å². The third-order valence-corrected chi connectivity index (χ3v) is 2.56. The van der Waals surface area contributed by atoms with Crippen LogP contribution in [0.2, 0.25) is 0 Å². The van der Waals surface area contributed by atoms with Crippen LogP contribution in [0.15, 0.2) is 0 Å². The maximum absolute atomic E-state index is 10.9. The lowest BCUT2D eigenvalue weighted by Crippen LogP contribution is -2.42. The molecular weight excluding hydrogens is 200 g/mol. The number of methoxy groups -OCH3 is 2. The van der Waals surface area contributed by atoms with E-state index in [4.69, 9.17) is 14.6 Å². The van der Waals surface area contributed by atoms with Crippen molar-refractivity contribution in [3.63, 3.8) is 0 Å². The van der Waals surface area contributed by atoms with Gasteiger partial charge in [-0.1, -0.05) is 6.92 Å². The number of hydrogen-bond acceptors (Lipinski definition) is 4. The van der Waals surface area contributed by atoms with Gasteiger partial charge in [-0.05, 0) is 13.3 Å². The fourth-order valence-corrected chi connectivity index (χ4v) is 1.62. The number of aliphatic carboxylic acids is 1. The number of carbonyl (C=O) groups is 1. The monoisotopic (exact) mass is 220 g/mol. The lowest BCUT2D eigenvalue weighted by Gasteiger charge is -2.31. The molecule has 2 unspecified atom stereocenters. The van der Waals surface area contributed by atoms with E-state index in [2.05, 4.69) is 0 Å². The molecule has 90 valence electrons. The molecule has 0 heterocycles. The van der Waals surface area contributed by atoms with Crippen LogP contribution in [0.25, 0.3) is 0 Å². The van der Waals surface area contributed by atoms with E-state index in [1.807, 2.05) is 0 Å². The molecule has 0 saturated heterocycles. The van der Waals surface area contributed by atoms with Gasteiger partial charge in [-0.15, -0.1) is 0 Å². The Morgan fingerprint density at radius 1 is 1.40 bits per heavy atom. The van der Waals surface area contributed by atoms with Gasteiger partial charge in [-0.2, -0.15) is 0 Å². The van der Waals surface area contributed by atoms with Crippen molar-refractivity contribution in [1.82, 2.24) is 0 Å². The van der Waals surface area contributed by atoms with Gasteiger partial charge >= 0.3 is 5.97 Å². The normalized spacial score (nSPS) is 17.5. The lowest BCUT2D eigenvalue weighted by molar-refractivity contribution is -0.169. The van der Waals surface area contributed by atoms with Crippen LogP contribution in [-0.4, -0.2) is 42.3 Å². The predicted octanol–water partition coefficient (Wildman–Crippen LogP) is 0.857. The van der Waals surface area contributed by atoms with E-state index >= 15 is 0 Å². The number of carboxylic acid groups (broad SMARTS) is 1. The summed E-state index contributed by atoms with van der Waals surface area (Å²) < 4.78 is 9.87. The summed E-state index contributed by atoms with van der Waals surface area (Å²) in [4.78, 5) is 10.9. The van der Waals surface area contributed by atoms with Crippen LogP contribution in [0.4, 0.5) is 0 Å². The first-order valence-corrected chi connectivity index (χ1v) is 4.89. The molecule has 0 bridgehead atoms. The number of hydrogen-bond donors (Lipinski definition) is 2. The van der Waals surface area contributed by atoms with Gasteiger partial charge in [0.2, 0.25) is 0 Å². The minimum atomic E-state index is -1.34. The van der Waals surface area contributed by atoms with Crippen molar-refractivity contribution in [3.8, 4) is 0 Å². The summed E-state index contributed by atoms with van der Waals surface area (Å²) in [5.41, 5.74) is -1.34. The number of ether oxygens (including phenoxy) is 2. The van der Waals surface area contributed by atoms with Gasteiger partial charge in [-0.3, -0.25) is 4.79 Å². The molecule has 5 heteroatoms. The summed E-state index contributed by atoms with van der Waals surface area (Å²) in [5.74, 6) is -1.82. The van der Waals surface area contributed by atoms with Crippen molar-refractivity contribution >= 4 is 5.97 Å². The van der Waals surface area contributed by atoms with Crippen LogP contribution in [0.5, 0.6) is 0 Å². The Hall–Kier alpha value is -0.650. The Kier molecular flexibility index (Phi) is 5.79. The topological polar surface area (TPSA) is 76.0 Å². The van der Waals surface area contributed by atoms with E-state index in [0.29, 0.717) is 6.42 Å². The highest BCUT2D eigenvalue weighted by Crippen LogP contribution is 2.26. The molecule has 0 spiro atoms. The van der Waals surface area contributed by atoms with Crippen molar-refractivity contribution in [2.75, 3.05) is 14.2 Å². The third-order valence-electron chi connectivity index (χ3n) is 2.56. The highest BCUT2D eigenvalue weighted by Gasteiger charge is 2.38. The molecule has 0 aliphatic carbocycles. The Morgan fingerprint density at radius 2 is 1.87 bits per heavy atom. The quantitative estimate of drug-likeness (QED) is 0.622. The van der Waals surface area contributed by atoms with Crippen LogP contribution < -0.4 is 0 Å². The first-order chi connectivity index (χ1) is 6.88. The third kappa shape index (κ3) is 4.15. The van der Waals surface area contributed by atoms with Gasteiger partial charge in [-0.25, -0.2) is 0 Å². The van der Waals surface area contributed by atoms with Crippen molar-refractivity contribution < 1.29 is 24.5 Å². The maximum atomic E-state index is 10.9. The molecule has 0 rings (SSSR count). The zero-order valence-electron chi connectivity index (χ0n) is 9.69. The fraction of sp³-hybridized carbons (Fsp3) is 0.900. The molecule has 0 amide bonds. The minimum absolute atomic E-state index is 0.130. The molecule has 2 N–H and O–H groups in total. The zero-order chi connectivity index (χ0) is 12.1. The van der Waals surface area contributed by atoms with E-state index in [-0.39, 0.29) is 6.42 Å². The first kappa shape index (κ1) is 14.3. The molecule has 0 aromatic rings. The van der Waals surface area contributed by atoms with E-state index in [1.165, 1.54) is 21.1 Å². The van der Waals surface area contributed by atoms with Crippen molar-refractivity contribution in [3.05, 3.63) is 0 Å². The van der Waals surface area contributed by atoms with E-state index < -0.39 is 23.8 Å². The molecule has 5 nitrogen and oxygen atoms in total. The summed E-state index contributed by atoms with van der Waals surface area (Å²) in [5, 5.41) is 19.0. The average molecular weight is 220 g/mol. The number of rotatable bonds is 7. The van der Waals surface area contributed by atoms with Crippen LogP contribution in [0, 0.1) is 5.92 Å². The molecule has 2 atom stereocenters. The standard InChI is InChI=1S/C10H20O5/c1-5-7(9(11)12)10(2,13)6-8(14-3)15-4/h7-8,13H,5-6H2,1-4H3,(H,11,12). The molecule has 15 heavy (non-hydrogen) atoms. The van der Waals surface area contributed by atoms with Crippen molar-refractivity contribution in [1.29, 1.82) is 0 Å². The van der Waals surface area contributed by atoms with Crippen molar-refractivity contribution in [2.24, 2.45) is 5.92 Å². The van der Waals surface area contributed by atoms with E-state index in [1.54, 1.807) is 6.92 Å². The Bertz CT molecular complexity index is 198. The summed E-state index contributed by atoms with van der Waals surface area (Å²) in [6.45, 7) is 3.21. The van der Waals surface area contributed by atoms with Crippen LogP contribution in [0.3, 0.4) is 0 Å². The molecule has 0 aromatic carbocycles. The SMILES string of the molecule is CCC(C(=O)O)C(C)(O)CC(OC)OC. The Balaban J connectivity index is 4.55. The fourth-order valence-electron chi connectivity index (χ4n) is 1.62. The molecule has 0 saturated carbocycles. The van der Waals surface area contributed by atoms with E-state index in [9.17, 15) is 9.90 Å². The highest BCUT2D eigenvalue weighted by molar-refractivity contribution is 5.71. The van der Waals surface area contributed by atoms with Gasteiger partial charge < -0.3 is 19.7 Å². The molecular formula is C10H20O5. The molecule has 0 radical (unpaired) electrons. The van der Waals surface area contributed by atoms with Gasteiger partial charge in [0, 0.05) is 20.6 Å². The van der Waals surface area contributed by atoms with Gasteiger partial charge in [0.15, 0.2) is 6.29 Å². The van der Waals surface area contributed by atoms with Crippen LogP contribution >= 0.6 is 0 Å². The Labute approximate surface area is 90.0 Å². The smallest absolute Gasteiger partial charge is 0.309 e. The highest BCUT2D eigenvalue weighted by atomic mass is 16.7. The molecule has 0 aromatic heterocycles. The zero-order valence-corrected chi connectivity index (χ0v) is 9.69. The largest absolute Gasteiger partial charge is 0.481 e. The molecule has 0 aliphatic heterocycles. The Morgan fingerprint density at radius 3 is 2.13 bits per heavy atom. The summed E-state index contributed by atoms with van der Waals surface area (Å²) in [6.07, 6.45) is -0.0961. The number of carboxylic acids is 1. The van der Waals surface area contributed by atoms with E-state index in [0.717, 1.165) is 0 Å². The minimum Gasteiger partial charge on any atom is -0.481 e. The maximum Gasteiger partial charge on any atom is 0.309 e. The summed E-state index contributed by atoms with van der Waals surface area (Å²) >= 11 is 0. The molecule has 0 fully saturated rings. The van der Waals surface area contributed by atoms with Gasteiger partial charge in [0.05, 0.1) is 11.5 Å². The predicted molar refractivity (Wildman–Crippen MR) is 54.5 cm³/mol. The van der Waals surface area contributed by atoms with Crippen molar-refractivity contribution in [2.45, 2.75) is 38.6 Å². The van der Waals surface area contributed by atoms with Crippen LogP contribution in [0.1, 0.15) is 26.7 Å². The average Bonchev–Trinajstić information content (AvgIpc) is 2.14. The first-order valence-electron chi connectivity index (χ1n) is 4.89. The summed E-state index contributed by atoms with van der Waals surface area (Å²) in [7, 11) is 2.90. The second-order valence-corrected chi connectivity index (χ2v) is 3.76. The number of aliphatic hydroxyl groups is 1. The van der Waals surface area contributed by atoms with Gasteiger partial charge in [0.1, 0.15) is 0 Å². The summed E-state index contributed by atoms with van der Waals surface area (Å²) in [6, 6.07) is 0. The lowest BCUT2D eigenvalue weighted by atomic mass is 9.84.